The quantitative estimate of drug-likeness (QED) is 0.731. The van der Waals surface area contributed by atoms with E-state index in [-0.39, 0.29) is 23.8 Å². The van der Waals surface area contributed by atoms with Crippen LogP contribution in [-0.2, 0) is 9.59 Å². The number of rotatable bonds is 1. The molecular weight excluding hydrogens is 216 g/mol. The number of fused-ring (bicyclic) bond motifs is 1. The Bertz CT molecular complexity index is 343. The standard InChI is InChI=1S/C13H20N2O2/c1-8-12(16)14-6-7-15(8)13(17)11-9-4-2-3-5-10(9)11/h8-11H,2-7H2,1H3,(H,14,16). The van der Waals surface area contributed by atoms with Crippen LogP contribution in [0.25, 0.3) is 0 Å². The molecule has 94 valence electrons. The van der Waals surface area contributed by atoms with Crippen molar-refractivity contribution >= 4 is 11.8 Å². The van der Waals surface area contributed by atoms with Crippen LogP contribution < -0.4 is 5.32 Å². The highest BCUT2D eigenvalue weighted by molar-refractivity contribution is 5.90. The molecule has 17 heavy (non-hydrogen) atoms. The molecule has 0 bridgehead atoms. The molecule has 3 rings (SSSR count). The Hall–Kier alpha value is -1.06. The van der Waals surface area contributed by atoms with E-state index in [0.29, 0.717) is 24.9 Å². The third kappa shape index (κ3) is 1.74. The molecule has 3 atom stereocenters. The number of hydrogen-bond acceptors (Lipinski definition) is 2. The van der Waals surface area contributed by atoms with Gasteiger partial charge in [0.2, 0.25) is 11.8 Å². The summed E-state index contributed by atoms with van der Waals surface area (Å²) in [7, 11) is 0. The molecule has 1 heterocycles. The van der Waals surface area contributed by atoms with Crippen molar-refractivity contribution in [2.24, 2.45) is 17.8 Å². The molecule has 0 spiro atoms. The zero-order valence-electron chi connectivity index (χ0n) is 10.3. The van der Waals surface area contributed by atoms with E-state index < -0.39 is 0 Å². The number of nitrogens with one attached hydrogen (secondary N) is 1. The van der Waals surface area contributed by atoms with E-state index in [1.165, 1.54) is 25.7 Å². The number of nitrogens with zero attached hydrogens (tertiary/aromatic N) is 1. The molecule has 1 aliphatic heterocycles. The molecule has 0 aromatic rings. The predicted octanol–water partition coefficient (Wildman–Crippen LogP) is 0.769. The molecular formula is C13H20N2O2. The summed E-state index contributed by atoms with van der Waals surface area (Å²) in [5, 5.41) is 2.81. The maximum absolute atomic E-state index is 12.4. The summed E-state index contributed by atoms with van der Waals surface area (Å²) in [5.74, 6) is 1.74. The molecule has 2 aliphatic carbocycles. The van der Waals surface area contributed by atoms with Gasteiger partial charge in [-0.15, -0.1) is 0 Å². The van der Waals surface area contributed by atoms with E-state index in [1.54, 1.807) is 4.90 Å². The molecule has 3 fully saturated rings. The van der Waals surface area contributed by atoms with E-state index in [9.17, 15) is 9.59 Å². The SMILES string of the molecule is CC1C(=O)NCCN1C(=O)C1C2CCCCC21. The van der Waals surface area contributed by atoms with E-state index in [4.69, 9.17) is 0 Å². The van der Waals surface area contributed by atoms with Gasteiger partial charge in [0.15, 0.2) is 0 Å². The van der Waals surface area contributed by atoms with Crippen LogP contribution in [0.5, 0.6) is 0 Å². The molecule has 0 radical (unpaired) electrons. The van der Waals surface area contributed by atoms with Crippen molar-refractivity contribution in [3.05, 3.63) is 0 Å². The van der Waals surface area contributed by atoms with E-state index in [2.05, 4.69) is 5.32 Å². The van der Waals surface area contributed by atoms with Gasteiger partial charge in [0.1, 0.15) is 6.04 Å². The van der Waals surface area contributed by atoms with Crippen molar-refractivity contribution in [1.29, 1.82) is 0 Å². The van der Waals surface area contributed by atoms with Crippen molar-refractivity contribution in [2.45, 2.75) is 38.6 Å². The first-order chi connectivity index (χ1) is 8.20. The lowest BCUT2D eigenvalue weighted by Crippen LogP contribution is -2.56. The van der Waals surface area contributed by atoms with Gasteiger partial charge in [-0.2, -0.15) is 0 Å². The number of carbonyl (C=O) groups is 2. The van der Waals surface area contributed by atoms with Gasteiger partial charge in [0.05, 0.1) is 0 Å². The monoisotopic (exact) mass is 236 g/mol. The minimum Gasteiger partial charge on any atom is -0.353 e. The van der Waals surface area contributed by atoms with Crippen LogP contribution in [0.1, 0.15) is 32.6 Å². The lowest BCUT2D eigenvalue weighted by Gasteiger charge is -2.33. The minimum atomic E-state index is -0.279. The summed E-state index contributed by atoms with van der Waals surface area (Å²) < 4.78 is 0. The average Bonchev–Trinajstić information content (AvgIpc) is 3.06. The lowest BCUT2D eigenvalue weighted by atomic mass is 10.0. The summed E-state index contributed by atoms with van der Waals surface area (Å²) in [6.07, 6.45) is 4.99. The van der Waals surface area contributed by atoms with Gasteiger partial charge in [0, 0.05) is 19.0 Å². The summed E-state index contributed by atoms with van der Waals surface area (Å²) >= 11 is 0. The van der Waals surface area contributed by atoms with Crippen LogP contribution in [0.4, 0.5) is 0 Å². The Morgan fingerprint density at radius 1 is 1.29 bits per heavy atom. The van der Waals surface area contributed by atoms with Gasteiger partial charge in [-0.1, -0.05) is 12.8 Å². The van der Waals surface area contributed by atoms with Crippen molar-refractivity contribution < 1.29 is 9.59 Å². The highest BCUT2D eigenvalue weighted by Crippen LogP contribution is 2.56. The molecule has 2 amide bonds. The van der Waals surface area contributed by atoms with E-state index in [1.807, 2.05) is 6.92 Å². The maximum atomic E-state index is 12.4. The fraction of sp³-hybridized carbons (Fsp3) is 0.846. The van der Waals surface area contributed by atoms with Gasteiger partial charge in [-0.25, -0.2) is 0 Å². The third-order valence-electron chi connectivity index (χ3n) is 4.72. The molecule has 4 heteroatoms. The Balaban J connectivity index is 1.68. The molecule has 2 saturated carbocycles. The largest absolute Gasteiger partial charge is 0.353 e. The first-order valence-electron chi connectivity index (χ1n) is 6.78. The van der Waals surface area contributed by atoms with Crippen LogP contribution in [0.2, 0.25) is 0 Å². The van der Waals surface area contributed by atoms with Crippen LogP contribution in [0.3, 0.4) is 0 Å². The van der Waals surface area contributed by atoms with Gasteiger partial charge >= 0.3 is 0 Å². The molecule has 1 saturated heterocycles. The summed E-state index contributed by atoms with van der Waals surface area (Å²) in [5.41, 5.74) is 0. The highest BCUT2D eigenvalue weighted by atomic mass is 16.2. The van der Waals surface area contributed by atoms with Crippen LogP contribution in [-0.4, -0.2) is 35.8 Å². The molecule has 1 N–H and O–H groups in total. The topological polar surface area (TPSA) is 49.4 Å². The zero-order chi connectivity index (χ0) is 12.0. The molecule has 3 unspecified atom stereocenters. The Kier molecular flexibility index (Phi) is 2.60. The first-order valence-corrected chi connectivity index (χ1v) is 6.78. The molecule has 0 aromatic carbocycles. The Morgan fingerprint density at radius 2 is 1.94 bits per heavy atom. The molecule has 3 aliphatic rings. The molecule has 4 nitrogen and oxygen atoms in total. The highest BCUT2D eigenvalue weighted by Gasteiger charge is 2.56. The number of hydrogen-bond donors (Lipinski definition) is 1. The lowest BCUT2D eigenvalue weighted by molar-refractivity contribution is -0.143. The summed E-state index contributed by atoms with van der Waals surface area (Å²) in [6, 6.07) is -0.279. The van der Waals surface area contributed by atoms with Gasteiger partial charge in [-0.3, -0.25) is 9.59 Å². The summed E-state index contributed by atoms with van der Waals surface area (Å²) in [4.78, 5) is 25.8. The first kappa shape index (κ1) is 11.1. The van der Waals surface area contributed by atoms with Crippen LogP contribution in [0.15, 0.2) is 0 Å². The van der Waals surface area contributed by atoms with E-state index in [0.717, 1.165) is 0 Å². The van der Waals surface area contributed by atoms with Crippen molar-refractivity contribution in [1.82, 2.24) is 10.2 Å². The maximum Gasteiger partial charge on any atom is 0.242 e. The molecule has 0 aromatic heterocycles. The van der Waals surface area contributed by atoms with E-state index >= 15 is 0 Å². The second-order valence-corrected chi connectivity index (χ2v) is 5.64. The van der Waals surface area contributed by atoms with Gasteiger partial charge < -0.3 is 10.2 Å². The Labute approximate surface area is 102 Å². The fourth-order valence-corrected chi connectivity index (χ4v) is 3.63. The number of piperazine rings is 1. The normalized spacial score (nSPS) is 40.5. The van der Waals surface area contributed by atoms with Crippen molar-refractivity contribution in [3.63, 3.8) is 0 Å². The summed E-state index contributed by atoms with van der Waals surface area (Å²) in [6.45, 7) is 3.12. The number of amides is 2. The van der Waals surface area contributed by atoms with Crippen molar-refractivity contribution in [3.8, 4) is 0 Å². The average molecular weight is 236 g/mol. The predicted molar refractivity (Wildman–Crippen MR) is 63.1 cm³/mol. The second-order valence-electron chi connectivity index (χ2n) is 5.64. The van der Waals surface area contributed by atoms with Gasteiger partial charge in [0.25, 0.3) is 0 Å². The minimum absolute atomic E-state index is 0.00628. The second kappa shape index (κ2) is 4.00. The zero-order valence-corrected chi connectivity index (χ0v) is 10.3. The van der Waals surface area contributed by atoms with Crippen molar-refractivity contribution in [2.75, 3.05) is 13.1 Å². The Morgan fingerprint density at radius 3 is 2.59 bits per heavy atom. The van der Waals surface area contributed by atoms with Crippen LogP contribution in [0, 0.1) is 17.8 Å². The number of carbonyl (C=O) groups excluding carboxylic acids is 2. The third-order valence-corrected chi connectivity index (χ3v) is 4.72. The van der Waals surface area contributed by atoms with Crippen LogP contribution >= 0.6 is 0 Å². The smallest absolute Gasteiger partial charge is 0.242 e. The fourth-order valence-electron chi connectivity index (χ4n) is 3.63. The van der Waals surface area contributed by atoms with Gasteiger partial charge in [-0.05, 0) is 31.6 Å².